The average molecular weight is 862 g/mol. The van der Waals surface area contributed by atoms with E-state index in [0.717, 1.165) is 80.9 Å². The van der Waals surface area contributed by atoms with Crippen LogP contribution in [-0.4, -0.2) is 126 Å². The van der Waals surface area contributed by atoms with E-state index >= 15 is 0 Å². The molecule has 4 fully saturated rings. The molecule has 2 N–H and O–H groups in total. The molecule has 16 nitrogen and oxygen atoms in total. The van der Waals surface area contributed by atoms with Crippen LogP contribution in [0.5, 0.6) is 11.5 Å². The Bertz CT molecular complexity index is 2490. The predicted molar refractivity (Wildman–Crippen MR) is 233 cm³/mol. The van der Waals surface area contributed by atoms with Crippen molar-refractivity contribution in [3.63, 3.8) is 0 Å². The number of aryl methyl sites for hydroxylation is 2. The lowest BCUT2D eigenvalue weighted by Gasteiger charge is -2.42. The minimum Gasteiger partial charge on any atom is -0.453 e. The molecule has 9 rings (SSSR count). The lowest BCUT2D eigenvalue weighted by Crippen LogP contribution is -2.57. The second-order valence-electron chi connectivity index (χ2n) is 17.3. The number of imide groups is 1. The summed E-state index contributed by atoms with van der Waals surface area (Å²) in [7, 11) is 1.86. The molecule has 4 aliphatic rings. The number of pyridine rings is 2. The lowest BCUT2D eigenvalue weighted by molar-refractivity contribution is -0.139. The molecule has 17 heteroatoms. The van der Waals surface area contributed by atoms with E-state index in [9.17, 15) is 19.2 Å². The monoisotopic (exact) mass is 861 g/mol. The zero-order valence-corrected chi connectivity index (χ0v) is 36.1. The van der Waals surface area contributed by atoms with Gasteiger partial charge in [0, 0.05) is 82.7 Å². The predicted octanol–water partition coefficient (Wildman–Crippen LogP) is 5.33. The van der Waals surface area contributed by atoms with Gasteiger partial charge in [-0.3, -0.25) is 34.2 Å². The third-order valence-electron chi connectivity index (χ3n) is 13.0. The molecule has 4 aliphatic heterocycles. The van der Waals surface area contributed by atoms with E-state index in [1.807, 2.05) is 43.1 Å². The van der Waals surface area contributed by atoms with Crippen molar-refractivity contribution in [3.8, 4) is 22.9 Å². The quantitative estimate of drug-likeness (QED) is 0.184. The lowest BCUT2D eigenvalue weighted by atomic mass is 9.90. The summed E-state index contributed by atoms with van der Waals surface area (Å²) in [4.78, 5) is 77.0. The highest BCUT2D eigenvalue weighted by Gasteiger charge is 2.35. The number of amides is 4. The molecule has 2 atom stereocenters. The Morgan fingerprint density at radius 3 is 2.44 bits per heavy atom. The molecule has 4 saturated heterocycles. The Labute approximate surface area is 365 Å². The minimum absolute atomic E-state index is 0.00202. The maximum absolute atomic E-state index is 13.8. The average Bonchev–Trinajstić information content (AvgIpc) is 3.86. The van der Waals surface area contributed by atoms with Gasteiger partial charge >= 0.3 is 0 Å². The first-order valence-electron chi connectivity index (χ1n) is 21.7. The normalized spacial score (nSPS) is 20.8. The van der Waals surface area contributed by atoms with E-state index in [0.29, 0.717) is 77.5 Å². The van der Waals surface area contributed by atoms with Crippen molar-refractivity contribution < 1.29 is 23.9 Å². The highest BCUT2D eigenvalue weighted by Crippen LogP contribution is 2.37. The fraction of sp³-hybridized carbons (Fsp3) is 0.467. The summed E-state index contributed by atoms with van der Waals surface area (Å²) in [5.74, 6) is 1.44. The summed E-state index contributed by atoms with van der Waals surface area (Å²) < 4.78 is 7.97. The number of likely N-dealkylation sites (tertiary alicyclic amines) is 1. The van der Waals surface area contributed by atoms with Crippen molar-refractivity contribution in [2.75, 3.05) is 57.3 Å². The van der Waals surface area contributed by atoms with Crippen LogP contribution in [0.3, 0.4) is 0 Å². The number of aromatic amines is 1. The number of hydrogen-bond donors (Lipinski definition) is 2. The number of aromatic nitrogens is 6. The SMILES string of the molecule is Cc1nn(C)cc1-c1nc2ncc(Cl)c(Oc3ccc(C(=O)N4CCN(C(=O)C5CCN(CC6CCN(c7cncc([C@@H]8CCC(=O)NC8=O)c7)CC6)CC5)CC4C)cc3)c2[nH]1. The Balaban J connectivity index is 0.728. The summed E-state index contributed by atoms with van der Waals surface area (Å²) in [6, 6.07) is 8.95. The smallest absolute Gasteiger partial charge is 0.254 e. The van der Waals surface area contributed by atoms with Crippen molar-refractivity contribution >= 4 is 52.1 Å². The third kappa shape index (κ3) is 8.62. The fourth-order valence-electron chi connectivity index (χ4n) is 9.56. The Hall–Kier alpha value is -5.87. The molecule has 1 aromatic carbocycles. The fourth-order valence-corrected chi connectivity index (χ4v) is 9.74. The standard InChI is InChI=1S/C45H52ClN11O5/c1-27-24-56(44(60)31-12-14-54(15-13-31)25-29-10-16-55(17-11-29)33-20-32(21-47-22-33)35-8-9-38(58)49-43(35)59)18-19-57(27)45(61)30-4-6-34(7-5-30)62-40-37(46)23-48-42-39(40)50-41(51-42)36-26-53(3)52-28(36)2/h4-7,20-23,26-27,29,31,35H,8-19,24-25H2,1-3H3,(H,48,50,51)(H,49,58,59)/t27?,35-/m0/s1. The van der Waals surface area contributed by atoms with Gasteiger partial charge in [0.1, 0.15) is 22.1 Å². The molecule has 0 saturated carbocycles. The summed E-state index contributed by atoms with van der Waals surface area (Å²) in [5.41, 5.74) is 5.13. The van der Waals surface area contributed by atoms with Crippen molar-refractivity contribution in [2.24, 2.45) is 18.9 Å². The molecule has 5 aromatic rings. The van der Waals surface area contributed by atoms with Crippen LogP contribution in [0.15, 0.2) is 55.1 Å². The highest BCUT2D eigenvalue weighted by atomic mass is 35.5. The van der Waals surface area contributed by atoms with Crippen molar-refractivity contribution in [3.05, 3.63) is 77.0 Å². The zero-order chi connectivity index (χ0) is 43.1. The van der Waals surface area contributed by atoms with Crippen LogP contribution in [0.1, 0.15) is 73.0 Å². The number of carbonyl (C=O) groups excluding carboxylic acids is 4. The molecule has 0 spiro atoms. The number of carbonyl (C=O) groups is 4. The van der Waals surface area contributed by atoms with Crippen molar-refractivity contribution in [1.29, 1.82) is 0 Å². The number of rotatable bonds is 9. The van der Waals surface area contributed by atoms with Crippen LogP contribution in [0.2, 0.25) is 5.02 Å². The van der Waals surface area contributed by atoms with Gasteiger partial charge in [-0.2, -0.15) is 5.10 Å². The Morgan fingerprint density at radius 1 is 0.952 bits per heavy atom. The van der Waals surface area contributed by atoms with Crippen LogP contribution in [-0.2, 0) is 21.4 Å². The first-order chi connectivity index (χ1) is 30.0. The largest absolute Gasteiger partial charge is 0.453 e. The van der Waals surface area contributed by atoms with Gasteiger partial charge in [0.05, 0.1) is 35.3 Å². The summed E-state index contributed by atoms with van der Waals surface area (Å²) >= 11 is 6.56. The van der Waals surface area contributed by atoms with Gasteiger partial charge in [0.25, 0.3) is 5.91 Å². The van der Waals surface area contributed by atoms with Crippen molar-refractivity contribution in [2.45, 2.75) is 64.3 Å². The topological polar surface area (TPSA) is 175 Å². The van der Waals surface area contributed by atoms with E-state index in [1.54, 1.807) is 35.1 Å². The van der Waals surface area contributed by atoms with Gasteiger partial charge < -0.3 is 29.3 Å². The van der Waals surface area contributed by atoms with Gasteiger partial charge in [-0.25, -0.2) is 9.97 Å². The third-order valence-corrected chi connectivity index (χ3v) is 13.3. The molecule has 0 radical (unpaired) electrons. The Morgan fingerprint density at radius 2 is 1.73 bits per heavy atom. The molecule has 324 valence electrons. The maximum Gasteiger partial charge on any atom is 0.254 e. The molecule has 8 heterocycles. The number of benzene rings is 1. The van der Waals surface area contributed by atoms with Crippen LogP contribution in [0, 0.1) is 18.8 Å². The number of imidazole rings is 1. The van der Waals surface area contributed by atoms with Gasteiger partial charge in [0.15, 0.2) is 11.4 Å². The van der Waals surface area contributed by atoms with E-state index < -0.39 is 0 Å². The number of nitrogens with one attached hydrogen (secondary N) is 2. The zero-order valence-electron chi connectivity index (χ0n) is 35.3. The number of halogens is 1. The second kappa shape index (κ2) is 17.5. The molecular weight excluding hydrogens is 810 g/mol. The van der Waals surface area contributed by atoms with Gasteiger partial charge in [-0.1, -0.05) is 11.6 Å². The summed E-state index contributed by atoms with van der Waals surface area (Å²) in [6.45, 7) is 10.1. The number of piperazine rings is 1. The second-order valence-corrected chi connectivity index (χ2v) is 17.7. The van der Waals surface area contributed by atoms with Crippen LogP contribution in [0.25, 0.3) is 22.6 Å². The van der Waals surface area contributed by atoms with Crippen LogP contribution < -0.4 is 15.0 Å². The van der Waals surface area contributed by atoms with Crippen LogP contribution >= 0.6 is 11.6 Å². The summed E-state index contributed by atoms with van der Waals surface area (Å²) in [5, 5.41) is 7.19. The van der Waals surface area contributed by atoms with Gasteiger partial charge in [0.2, 0.25) is 17.7 Å². The molecule has 4 aromatic heterocycles. The molecule has 62 heavy (non-hydrogen) atoms. The van der Waals surface area contributed by atoms with E-state index in [1.165, 1.54) is 6.20 Å². The number of H-pyrrole nitrogens is 1. The van der Waals surface area contributed by atoms with E-state index in [2.05, 4.69) is 46.2 Å². The van der Waals surface area contributed by atoms with Gasteiger partial charge in [-0.05, 0) is 101 Å². The number of piperidine rings is 3. The van der Waals surface area contributed by atoms with Crippen molar-refractivity contribution in [1.82, 2.24) is 49.7 Å². The number of hydrogen-bond acceptors (Lipinski definition) is 11. The Kier molecular flexibility index (Phi) is 11.7. The molecule has 0 bridgehead atoms. The van der Waals surface area contributed by atoms with Crippen LogP contribution in [0.4, 0.5) is 5.69 Å². The molecule has 1 unspecified atom stereocenters. The number of anilines is 1. The minimum atomic E-state index is -0.337. The van der Waals surface area contributed by atoms with E-state index in [4.69, 9.17) is 16.3 Å². The maximum atomic E-state index is 13.8. The molecular formula is C45H52ClN11O5. The number of ether oxygens (including phenoxy) is 1. The highest BCUT2D eigenvalue weighted by molar-refractivity contribution is 6.32. The summed E-state index contributed by atoms with van der Waals surface area (Å²) in [6.07, 6.45) is 11.7. The molecule has 4 amide bonds. The number of nitrogens with zero attached hydrogens (tertiary/aromatic N) is 9. The van der Waals surface area contributed by atoms with E-state index in [-0.39, 0.29) is 41.5 Å². The number of fused-ring (bicyclic) bond motifs is 1. The van der Waals surface area contributed by atoms with Gasteiger partial charge in [-0.15, -0.1) is 0 Å². The molecule has 0 aliphatic carbocycles. The first-order valence-corrected chi connectivity index (χ1v) is 22.0. The first kappa shape index (κ1) is 41.5.